The lowest BCUT2D eigenvalue weighted by molar-refractivity contribution is 0.662. The second-order valence-electron chi connectivity index (χ2n) is 8.28. The van der Waals surface area contributed by atoms with Crippen LogP contribution in [0.15, 0.2) is 84.9 Å². The van der Waals surface area contributed by atoms with Crippen LogP contribution in [0.4, 0.5) is 0 Å². The van der Waals surface area contributed by atoms with Crippen LogP contribution in [-0.4, -0.2) is 0 Å². The minimum atomic E-state index is 0.0137. The maximum Gasteiger partial charge on any atom is 0.0159 e. The van der Waals surface area contributed by atoms with E-state index in [0.29, 0.717) is 0 Å². The van der Waals surface area contributed by atoms with Gasteiger partial charge in [0.15, 0.2) is 0 Å². The Hall–Kier alpha value is -3.12. The highest BCUT2D eigenvalue weighted by atomic mass is 14.4. The first kappa shape index (κ1) is 24.5. The molecule has 0 bridgehead atoms. The molecule has 1 aliphatic rings. The van der Waals surface area contributed by atoms with E-state index in [1.54, 1.807) is 0 Å². The molecule has 0 saturated carbocycles. The summed E-state index contributed by atoms with van der Waals surface area (Å²) in [5.41, 5.74) is 5.68. The van der Waals surface area contributed by atoms with Crippen molar-refractivity contribution in [2.75, 3.05) is 0 Å². The van der Waals surface area contributed by atoms with Crippen molar-refractivity contribution in [3.63, 3.8) is 0 Å². The summed E-state index contributed by atoms with van der Waals surface area (Å²) in [6.45, 7) is 16.7. The molecule has 0 spiro atoms. The van der Waals surface area contributed by atoms with Gasteiger partial charge in [0.1, 0.15) is 0 Å². The van der Waals surface area contributed by atoms with E-state index >= 15 is 0 Å². The van der Waals surface area contributed by atoms with Crippen LogP contribution in [0, 0.1) is 0 Å². The van der Waals surface area contributed by atoms with E-state index in [0.717, 1.165) is 0 Å². The number of hydrogen-bond donors (Lipinski definition) is 0. The van der Waals surface area contributed by atoms with Crippen LogP contribution < -0.4 is 0 Å². The summed E-state index contributed by atoms with van der Waals surface area (Å²) in [4.78, 5) is 0. The molecule has 33 heavy (non-hydrogen) atoms. The van der Waals surface area contributed by atoms with Crippen molar-refractivity contribution < 1.29 is 0 Å². The van der Waals surface area contributed by atoms with Crippen molar-refractivity contribution in [2.24, 2.45) is 0 Å². The quantitative estimate of drug-likeness (QED) is 0.213. The first-order chi connectivity index (χ1) is 16.1. The molecule has 0 heteroatoms. The fourth-order valence-electron chi connectivity index (χ4n) is 4.92. The molecule has 0 N–H and O–H groups in total. The second-order valence-corrected chi connectivity index (χ2v) is 8.28. The molecular weight excluding hydrogens is 396 g/mol. The van der Waals surface area contributed by atoms with Crippen molar-refractivity contribution in [3.05, 3.63) is 96.1 Å². The SMILES string of the molecule is CC.CC.CC.CC1(C)c2cc3ccccc3cc2-c2cc3ccc4ccccc4c3cc21. The van der Waals surface area contributed by atoms with Crippen LogP contribution in [0.25, 0.3) is 43.4 Å². The van der Waals surface area contributed by atoms with Crippen LogP contribution in [0.2, 0.25) is 0 Å². The molecular formula is C33H38. The number of fused-ring (bicyclic) bond motifs is 7. The first-order valence-electron chi connectivity index (χ1n) is 12.6. The van der Waals surface area contributed by atoms with Crippen molar-refractivity contribution in [3.8, 4) is 11.1 Å². The molecule has 0 atom stereocenters. The largest absolute Gasteiger partial charge is 0.0683 e. The molecule has 0 nitrogen and oxygen atoms in total. The number of hydrogen-bond acceptors (Lipinski definition) is 0. The molecule has 6 rings (SSSR count). The third-order valence-electron chi connectivity index (χ3n) is 6.41. The van der Waals surface area contributed by atoms with Gasteiger partial charge in [-0.2, -0.15) is 0 Å². The Labute approximate surface area is 200 Å². The molecule has 0 fully saturated rings. The smallest absolute Gasteiger partial charge is 0.0159 e. The van der Waals surface area contributed by atoms with Gasteiger partial charge in [0.25, 0.3) is 0 Å². The highest BCUT2D eigenvalue weighted by molar-refractivity contribution is 6.10. The number of benzene rings is 5. The van der Waals surface area contributed by atoms with Gasteiger partial charge < -0.3 is 0 Å². The van der Waals surface area contributed by atoms with E-state index in [1.165, 1.54) is 54.6 Å². The lowest BCUT2D eigenvalue weighted by atomic mass is 9.81. The zero-order chi connectivity index (χ0) is 24.2. The van der Waals surface area contributed by atoms with Crippen molar-refractivity contribution in [1.82, 2.24) is 0 Å². The van der Waals surface area contributed by atoms with Gasteiger partial charge in [0.05, 0.1) is 0 Å². The van der Waals surface area contributed by atoms with E-state index < -0.39 is 0 Å². The molecule has 5 aromatic rings. The van der Waals surface area contributed by atoms with Gasteiger partial charge >= 0.3 is 0 Å². The summed E-state index contributed by atoms with van der Waals surface area (Å²) in [5, 5.41) is 7.98. The Bertz CT molecular complexity index is 1390. The van der Waals surface area contributed by atoms with Crippen molar-refractivity contribution in [1.29, 1.82) is 0 Å². The maximum absolute atomic E-state index is 2.44. The van der Waals surface area contributed by atoms with Gasteiger partial charge in [0.2, 0.25) is 0 Å². The summed E-state index contributed by atoms with van der Waals surface area (Å²) >= 11 is 0. The lowest BCUT2D eigenvalue weighted by Gasteiger charge is -2.22. The molecule has 0 aromatic heterocycles. The zero-order valence-corrected chi connectivity index (χ0v) is 21.6. The highest BCUT2D eigenvalue weighted by Crippen LogP contribution is 2.51. The molecule has 170 valence electrons. The minimum absolute atomic E-state index is 0.0137. The van der Waals surface area contributed by atoms with Crippen molar-refractivity contribution in [2.45, 2.75) is 60.8 Å². The Kier molecular flexibility index (Phi) is 7.59. The zero-order valence-electron chi connectivity index (χ0n) is 21.6. The molecule has 0 heterocycles. The second kappa shape index (κ2) is 10.2. The minimum Gasteiger partial charge on any atom is -0.0683 e. The van der Waals surface area contributed by atoms with Gasteiger partial charge in [-0.25, -0.2) is 0 Å². The molecule has 5 aromatic carbocycles. The van der Waals surface area contributed by atoms with E-state index in [1.807, 2.05) is 41.5 Å². The third-order valence-corrected chi connectivity index (χ3v) is 6.41. The van der Waals surface area contributed by atoms with Crippen molar-refractivity contribution >= 4 is 32.3 Å². The molecule has 0 unspecified atom stereocenters. The average molecular weight is 435 g/mol. The topological polar surface area (TPSA) is 0 Å². The Balaban J connectivity index is 0.000000475. The summed E-state index contributed by atoms with van der Waals surface area (Å²) in [5.74, 6) is 0. The summed E-state index contributed by atoms with van der Waals surface area (Å²) < 4.78 is 0. The molecule has 1 aliphatic carbocycles. The predicted molar refractivity (Wildman–Crippen MR) is 151 cm³/mol. The van der Waals surface area contributed by atoms with Gasteiger partial charge in [-0.15, -0.1) is 0 Å². The van der Waals surface area contributed by atoms with E-state index in [2.05, 4.69) is 98.8 Å². The summed E-state index contributed by atoms with van der Waals surface area (Å²) in [6, 6.07) is 31.5. The Morgan fingerprint density at radius 1 is 0.424 bits per heavy atom. The van der Waals surface area contributed by atoms with Gasteiger partial charge in [-0.05, 0) is 78.8 Å². The lowest BCUT2D eigenvalue weighted by Crippen LogP contribution is -2.14. The molecule has 0 radical (unpaired) electrons. The fourth-order valence-corrected chi connectivity index (χ4v) is 4.92. The highest BCUT2D eigenvalue weighted by Gasteiger charge is 2.36. The van der Waals surface area contributed by atoms with Crippen LogP contribution in [0.5, 0.6) is 0 Å². The van der Waals surface area contributed by atoms with Crippen LogP contribution >= 0.6 is 0 Å². The molecule has 0 aliphatic heterocycles. The Morgan fingerprint density at radius 3 is 1.52 bits per heavy atom. The van der Waals surface area contributed by atoms with Crippen LogP contribution in [-0.2, 0) is 5.41 Å². The van der Waals surface area contributed by atoms with E-state index in [4.69, 9.17) is 0 Å². The predicted octanol–water partition coefficient (Wildman–Crippen LogP) is 10.5. The first-order valence-corrected chi connectivity index (χ1v) is 12.6. The summed E-state index contributed by atoms with van der Waals surface area (Å²) in [6.07, 6.45) is 0. The maximum atomic E-state index is 2.44. The van der Waals surface area contributed by atoms with Crippen LogP contribution in [0.1, 0.15) is 66.5 Å². The fraction of sp³-hybridized carbons (Fsp3) is 0.273. The van der Waals surface area contributed by atoms with E-state index in [9.17, 15) is 0 Å². The van der Waals surface area contributed by atoms with E-state index in [-0.39, 0.29) is 5.41 Å². The Morgan fingerprint density at radius 2 is 0.879 bits per heavy atom. The molecule has 0 saturated heterocycles. The summed E-state index contributed by atoms with van der Waals surface area (Å²) in [7, 11) is 0. The third kappa shape index (κ3) is 4.04. The average Bonchev–Trinajstić information content (AvgIpc) is 3.10. The van der Waals surface area contributed by atoms with Gasteiger partial charge in [0, 0.05) is 5.41 Å². The molecule has 0 amide bonds. The monoisotopic (exact) mass is 434 g/mol. The van der Waals surface area contributed by atoms with Gasteiger partial charge in [-0.3, -0.25) is 0 Å². The normalized spacial score (nSPS) is 12.5. The standard InChI is InChI=1S/C27H20.3C2H6/c1-27(2)25-15-19-9-4-3-8-18(19)13-23(25)24-14-20-12-11-17-7-5-6-10-21(17)22(20)16-26(24)27;3*1-2/h3-16H,1-2H3;3*1-2H3. The number of rotatable bonds is 0. The van der Waals surface area contributed by atoms with Gasteiger partial charge in [-0.1, -0.05) is 116 Å². The van der Waals surface area contributed by atoms with Crippen LogP contribution in [0.3, 0.4) is 0 Å².